The van der Waals surface area contributed by atoms with Gasteiger partial charge >= 0.3 is 0 Å². The molecule has 0 heterocycles. The Hall–Kier alpha value is -1.47. The second-order valence-electron chi connectivity index (χ2n) is 12.0. The van der Waals surface area contributed by atoms with Gasteiger partial charge in [0.2, 0.25) is 5.91 Å². The van der Waals surface area contributed by atoms with Crippen LogP contribution in [0.2, 0.25) is 0 Å². The fourth-order valence-corrected chi connectivity index (χ4v) is 5.13. The van der Waals surface area contributed by atoms with Gasteiger partial charge in [-0.25, -0.2) is 0 Å². The lowest BCUT2D eigenvalue weighted by Gasteiger charge is -2.36. The Bertz CT molecular complexity index is 694. The molecule has 0 spiro atoms. The van der Waals surface area contributed by atoms with Crippen molar-refractivity contribution in [3.63, 3.8) is 0 Å². The van der Waals surface area contributed by atoms with Crippen LogP contribution in [0.5, 0.6) is 0 Å². The van der Waals surface area contributed by atoms with E-state index < -0.39 is 24.5 Å². The van der Waals surface area contributed by atoms with E-state index in [1.54, 1.807) is 0 Å². The van der Waals surface area contributed by atoms with Gasteiger partial charge in [-0.05, 0) is 44.9 Å². The Balaban J connectivity index is 3.91. The largest absolute Gasteiger partial charge is 0.392 e. The van der Waals surface area contributed by atoms with E-state index in [1.807, 2.05) is 0 Å². The monoisotopic (exact) mass is 593 g/mol. The average molecular weight is 593 g/mol. The third-order valence-electron chi connectivity index (χ3n) is 7.93. The maximum absolute atomic E-state index is 12.4. The molecule has 0 aromatic carbocycles. The van der Waals surface area contributed by atoms with Crippen LogP contribution in [0, 0.1) is 0 Å². The van der Waals surface area contributed by atoms with E-state index in [1.165, 1.54) is 57.8 Å². The summed E-state index contributed by atoms with van der Waals surface area (Å²) in [5.74, 6) is -0.302. The summed E-state index contributed by atoms with van der Waals surface area (Å²) in [4.78, 5) is 12.4. The minimum atomic E-state index is -1.73. The van der Waals surface area contributed by atoms with Gasteiger partial charge in [0.15, 0.2) is 0 Å². The summed E-state index contributed by atoms with van der Waals surface area (Å²) in [5.41, 5.74) is 4.40. The Morgan fingerprint density at radius 2 is 1.17 bits per heavy atom. The third kappa shape index (κ3) is 24.0. The number of carbonyl (C=O) groups excluding carboxylic acids is 1. The van der Waals surface area contributed by atoms with Crippen LogP contribution >= 0.6 is 0 Å². The number of hydrogen-bond acceptors (Lipinski definition) is 5. The van der Waals surface area contributed by atoms with E-state index in [0.717, 1.165) is 77.0 Å². The van der Waals surface area contributed by atoms with Crippen molar-refractivity contribution in [2.24, 2.45) is 5.73 Å². The first-order valence-corrected chi connectivity index (χ1v) is 17.4. The quantitative estimate of drug-likeness (QED) is 0.0328. The first-order chi connectivity index (χ1) is 20.4. The number of aliphatic hydroxyl groups is 3. The van der Waals surface area contributed by atoms with Gasteiger partial charge < -0.3 is 26.4 Å². The maximum atomic E-state index is 12.4. The van der Waals surface area contributed by atoms with E-state index >= 15 is 0 Å². The molecule has 6 nitrogen and oxygen atoms in total. The molecule has 6 N–H and O–H groups in total. The van der Waals surface area contributed by atoms with Gasteiger partial charge in [-0.2, -0.15) is 0 Å². The van der Waals surface area contributed by atoms with Crippen molar-refractivity contribution in [1.29, 1.82) is 0 Å². The number of rotatable bonds is 30. The first-order valence-electron chi connectivity index (χ1n) is 17.4. The highest BCUT2D eigenvalue weighted by Crippen LogP contribution is 2.17. The molecular weight excluding hydrogens is 524 g/mol. The summed E-state index contributed by atoms with van der Waals surface area (Å²) in [6, 6.07) is 0. The predicted octanol–water partition coefficient (Wildman–Crippen LogP) is 8.15. The van der Waals surface area contributed by atoms with Crippen molar-refractivity contribution in [1.82, 2.24) is 5.32 Å². The Morgan fingerprint density at radius 3 is 1.71 bits per heavy atom. The lowest BCUT2D eigenvalue weighted by Crippen LogP contribution is -2.68. The van der Waals surface area contributed by atoms with Gasteiger partial charge in [-0.3, -0.25) is 4.79 Å². The van der Waals surface area contributed by atoms with Gasteiger partial charge in [-0.1, -0.05) is 147 Å². The van der Waals surface area contributed by atoms with Crippen LogP contribution in [-0.2, 0) is 4.79 Å². The molecule has 0 fully saturated rings. The fraction of sp³-hybridized carbons (Fsp3) is 0.806. The summed E-state index contributed by atoms with van der Waals surface area (Å²) in [6.07, 6.45) is 35.3. The highest BCUT2D eigenvalue weighted by atomic mass is 16.3. The zero-order chi connectivity index (χ0) is 31.2. The highest BCUT2D eigenvalue weighted by molar-refractivity contribution is 5.76. The number of unbranched alkanes of at least 4 members (excludes halogenated alkanes) is 16. The summed E-state index contributed by atoms with van der Waals surface area (Å²) < 4.78 is 0. The minimum Gasteiger partial charge on any atom is -0.392 e. The summed E-state index contributed by atoms with van der Waals surface area (Å²) in [6.45, 7) is 3.76. The van der Waals surface area contributed by atoms with Crippen molar-refractivity contribution in [3.8, 4) is 0 Å². The number of nitrogens with two attached hydrogens (primary N) is 1. The van der Waals surface area contributed by atoms with Crippen LogP contribution in [0.3, 0.4) is 0 Å². The molecule has 246 valence electrons. The zero-order valence-corrected chi connectivity index (χ0v) is 27.4. The molecule has 6 heteroatoms. The second kappa shape index (κ2) is 29.6. The molecule has 0 rings (SSSR count). The number of carbonyl (C=O) groups is 1. The fourth-order valence-electron chi connectivity index (χ4n) is 5.13. The van der Waals surface area contributed by atoms with Crippen LogP contribution in [0.4, 0.5) is 0 Å². The third-order valence-corrected chi connectivity index (χ3v) is 7.93. The SMILES string of the molecule is CC/C=C\C/C=C\C/C=C\CCCCCCCC(=O)N[C@@](N)(CO)[C@H](O)[C@H](O)CCCCCCCCCCCCCC. The van der Waals surface area contributed by atoms with Crippen molar-refractivity contribution in [2.45, 2.75) is 179 Å². The first kappa shape index (κ1) is 40.5. The molecule has 0 saturated carbocycles. The number of aliphatic hydroxyl groups excluding tert-OH is 3. The topological polar surface area (TPSA) is 116 Å². The molecule has 42 heavy (non-hydrogen) atoms. The molecule has 0 bridgehead atoms. The molecule has 0 saturated heterocycles. The van der Waals surface area contributed by atoms with Crippen molar-refractivity contribution in [2.75, 3.05) is 6.61 Å². The molecule has 0 aromatic heterocycles. The number of amides is 1. The van der Waals surface area contributed by atoms with E-state index in [2.05, 4.69) is 55.6 Å². The zero-order valence-electron chi connectivity index (χ0n) is 27.4. The molecule has 0 unspecified atom stereocenters. The molecule has 3 atom stereocenters. The Kier molecular flexibility index (Phi) is 28.6. The van der Waals surface area contributed by atoms with Crippen LogP contribution in [0.15, 0.2) is 36.5 Å². The van der Waals surface area contributed by atoms with Crippen molar-refractivity contribution in [3.05, 3.63) is 36.5 Å². The number of hydrogen-bond donors (Lipinski definition) is 5. The molecule has 0 aliphatic rings. The van der Waals surface area contributed by atoms with E-state index in [-0.39, 0.29) is 5.91 Å². The lowest BCUT2D eigenvalue weighted by molar-refractivity contribution is -0.128. The number of nitrogens with one attached hydrogen (secondary N) is 1. The van der Waals surface area contributed by atoms with Gasteiger partial charge in [-0.15, -0.1) is 0 Å². The minimum absolute atomic E-state index is 0.292. The molecular formula is C36H68N2O4. The maximum Gasteiger partial charge on any atom is 0.221 e. The summed E-state index contributed by atoms with van der Waals surface area (Å²) >= 11 is 0. The molecule has 0 aliphatic carbocycles. The average Bonchev–Trinajstić information content (AvgIpc) is 2.99. The van der Waals surface area contributed by atoms with Crippen molar-refractivity contribution < 1.29 is 20.1 Å². The van der Waals surface area contributed by atoms with Crippen LogP contribution in [0.1, 0.15) is 162 Å². The Morgan fingerprint density at radius 1 is 0.690 bits per heavy atom. The van der Waals surface area contributed by atoms with Crippen molar-refractivity contribution >= 4 is 5.91 Å². The molecule has 0 radical (unpaired) electrons. The molecule has 1 amide bonds. The van der Waals surface area contributed by atoms with Gasteiger partial charge in [0, 0.05) is 6.42 Å². The van der Waals surface area contributed by atoms with E-state index in [9.17, 15) is 20.1 Å². The van der Waals surface area contributed by atoms with Gasteiger partial charge in [0.1, 0.15) is 11.8 Å². The van der Waals surface area contributed by atoms with Gasteiger partial charge in [0.25, 0.3) is 0 Å². The normalized spacial score (nSPS) is 15.1. The van der Waals surface area contributed by atoms with Crippen LogP contribution < -0.4 is 11.1 Å². The van der Waals surface area contributed by atoms with E-state index in [4.69, 9.17) is 5.73 Å². The standard InChI is InChI=1S/C36H68N2O4/c1-3-5-7-9-11-13-15-17-18-19-21-23-25-27-29-31-34(41)38-36(37,32-39)35(42)33(40)30-28-26-24-22-20-16-14-12-10-8-6-4-2/h5,7,11,13,17-18,33,35,39-40,42H,3-4,6,8-10,12,14-16,19-32,37H2,1-2H3,(H,38,41)/b7-5-,13-11-,18-17-/t33-,35-,36+/m1/s1. The molecule has 0 aliphatic heterocycles. The number of allylic oxidation sites excluding steroid dienone is 6. The lowest BCUT2D eigenvalue weighted by atomic mass is 9.95. The summed E-state index contributed by atoms with van der Waals surface area (Å²) in [7, 11) is 0. The smallest absolute Gasteiger partial charge is 0.221 e. The van der Waals surface area contributed by atoms with E-state index in [0.29, 0.717) is 12.8 Å². The predicted molar refractivity (Wildman–Crippen MR) is 179 cm³/mol. The molecule has 0 aromatic rings. The van der Waals surface area contributed by atoms with Crippen LogP contribution in [-0.4, -0.2) is 45.7 Å². The van der Waals surface area contributed by atoms with Gasteiger partial charge in [0.05, 0.1) is 12.7 Å². The Labute approximate surface area is 259 Å². The highest BCUT2D eigenvalue weighted by Gasteiger charge is 2.39. The van der Waals surface area contributed by atoms with Crippen LogP contribution in [0.25, 0.3) is 0 Å². The second-order valence-corrected chi connectivity index (χ2v) is 12.0. The summed E-state index contributed by atoms with van der Waals surface area (Å²) in [5, 5.41) is 33.5.